The van der Waals surface area contributed by atoms with Crippen LogP contribution >= 0.6 is 0 Å². The summed E-state index contributed by atoms with van der Waals surface area (Å²) in [5, 5.41) is 10.9. The Morgan fingerprint density at radius 2 is 2.00 bits per heavy atom. The van der Waals surface area contributed by atoms with Crippen LogP contribution in [0.3, 0.4) is 0 Å². The van der Waals surface area contributed by atoms with E-state index in [1.165, 1.54) is 19.2 Å². The van der Waals surface area contributed by atoms with E-state index in [9.17, 15) is 14.3 Å². The van der Waals surface area contributed by atoms with Crippen molar-refractivity contribution in [3.63, 3.8) is 0 Å². The highest BCUT2D eigenvalue weighted by molar-refractivity contribution is 5.89. The van der Waals surface area contributed by atoms with E-state index >= 15 is 0 Å². The van der Waals surface area contributed by atoms with Crippen molar-refractivity contribution in [3.8, 4) is 0 Å². The maximum Gasteiger partial charge on any atom is 0.357 e. The Kier molecular flexibility index (Phi) is 4.24. The van der Waals surface area contributed by atoms with E-state index in [1.54, 1.807) is 19.1 Å². The number of aryl methyl sites for hydroxylation is 1. The lowest BCUT2D eigenvalue weighted by Crippen LogP contribution is -2.31. The lowest BCUT2D eigenvalue weighted by molar-refractivity contribution is 0.0593. The number of ether oxygens (including phenoxy) is 1. The summed E-state index contributed by atoms with van der Waals surface area (Å²) in [5.74, 6) is -0.207. The second kappa shape index (κ2) is 6.20. The minimum atomic E-state index is -1.06. The molecule has 126 valence electrons. The zero-order chi connectivity index (χ0) is 17.3. The number of anilines is 1. The molecule has 0 amide bonds. The highest BCUT2D eigenvalue weighted by atomic mass is 19.1. The van der Waals surface area contributed by atoms with Crippen LogP contribution < -0.4 is 4.90 Å². The maximum absolute atomic E-state index is 13.1. The summed E-state index contributed by atoms with van der Waals surface area (Å²) in [6.45, 7) is 2.71. The van der Waals surface area contributed by atoms with E-state index in [2.05, 4.69) is 4.98 Å². The molecular formula is C18H19FN2O3. The normalized spacial score (nSPS) is 20.2. The van der Waals surface area contributed by atoms with Crippen LogP contribution in [0.15, 0.2) is 36.4 Å². The van der Waals surface area contributed by atoms with Crippen LogP contribution in [-0.4, -0.2) is 36.3 Å². The summed E-state index contributed by atoms with van der Waals surface area (Å²) in [5.41, 5.74) is 0.614. The number of aromatic nitrogens is 1. The molecule has 1 atom stereocenters. The average molecular weight is 330 g/mol. The number of nitrogens with zero attached hydrogens (tertiary/aromatic N) is 2. The Morgan fingerprint density at radius 3 is 2.67 bits per heavy atom. The van der Waals surface area contributed by atoms with Gasteiger partial charge in [-0.2, -0.15) is 0 Å². The van der Waals surface area contributed by atoms with Gasteiger partial charge in [0.15, 0.2) is 5.69 Å². The van der Waals surface area contributed by atoms with Gasteiger partial charge >= 0.3 is 5.97 Å². The summed E-state index contributed by atoms with van der Waals surface area (Å²) in [7, 11) is 1.32. The topological polar surface area (TPSA) is 62.7 Å². The number of hydrogen-bond acceptors (Lipinski definition) is 5. The number of aliphatic hydroxyl groups is 1. The molecule has 1 aliphatic heterocycles. The molecule has 0 saturated carbocycles. The fourth-order valence-electron chi connectivity index (χ4n) is 2.98. The molecule has 0 bridgehead atoms. The van der Waals surface area contributed by atoms with Crippen LogP contribution in [0.2, 0.25) is 0 Å². The molecule has 6 heteroatoms. The third-order valence-electron chi connectivity index (χ3n) is 4.41. The quantitative estimate of drug-likeness (QED) is 0.876. The van der Waals surface area contributed by atoms with Crippen molar-refractivity contribution in [2.24, 2.45) is 0 Å². The van der Waals surface area contributed by atoms with E-state index < -0.39 is 11.6 Å². The number of carbonyl (C=O) groups is 1. The molecule has 1 saturated heterocycles. The number of hydrogen-bond donors (Lipinski definition) is 1. The van der Waals surface area contributed by atoms with Gasteiger partial charge in [0.2, 0.25) is 0 Å². The first-order valence-electron chi connectivity index (χ1n) is 7.72. The molecule has 1 N–H and O–H groups in total. The monoisotopic (exact) mass is 330 g/mol. The largest absolute Gasteiger partial charge is 0.464 e. The number of halogens is 1. The van der Waals surface area contributed by atoms with Gasteiger partial charge in [-0.15, -0.1) is 0 Å². The van der Waals surface area contributed by atoms with Crippen molar-refractivity contribution >= 4 is 11.8 Å². The number of benzene rings is 1. The molecule has 0 spiro atoms. The smallest absolute Gasteiger partial charge is 0.357 e. The summed E-state index contributed by atoms with van der Waals surface area (Å²) < 4.78 is 17.8. The predicted molar refractivity (Wildman–Crippen MR) is 87.4 cm³/mol. The Hall–Kier alpha value is -2.47. The van der Waals surface area contributed by atoms with Gasteiger partial charge in [-0.3, -0.25) is 0 Å². The third kappa shape index (κ3) is 2.97. The Morgan fingerprint density at radius 1 is 1.29 bits per heavy atom. The molecule has 1 aromatic heterocycles. The molecule has 24 heavy (non-hydrogen) atoms. The first kappa shape index (κ1) is 16.4. The van der Waals surface area contributed by atoms with Gasteiger partial charge < -0.3 is 14.7 Å². The fourth-order valence-corrected chi connectivity index (χ4v) is 2.98. The van der Waals surface area contributed by atoms with Gasteiger partial charge in [-0.25, -0.2) is 14.2 Å². The van der Waals surface area contributed by atoms with E-state index in [0.29, 0.717) is 30.9 Å². The van der Waals surface area contributed by atoms with Crippen LogP contribution in [0.5, 0.6) is 0 Å². The molecule has 2 aromatic rings. The summed E-state index contributed by atoms with van der Waals surface area (Å²) in [6.07, 6.45) is 0.502. The highest BCUT2D eigenvalue weighted by Gasteiger charge is 2.38. The molecule has 1 unspecified atom stereocenters. The first-order valence-corrected chi connectivity index (χ1v) is 7.72. The van der Waals surface area contributed by atoms with Crippen molar-refractivity contribution in [2.45, 2.75) is 18.9 Å². The molecular weight excluding hydrogens is 311 g/mol. The SMILES string of the molecule is COC(=O)c1nc(N2CCC(O)(c3ccc(F)cc3)C2)ccc1C. The summed E-state index contributed by atoms with van der Waals surface area (Å²) in [4.78, 5) is 18.1. The standard InChI is InChI=1S/C18H19FN2O3/c1-12-3-8-15(20-16(12)17(22)24-2)21-10-9-18(23,11-21)13-4-6-14(19)7-5-13/h3-8,23H,9-11H2,1-2H3. The highest BCUT2D eigenvalue weighted by Crippen LogP contribution is 2.34. The second-order valence-electron chi connectivity index (χ2n) is 6.04. The molecule has 5 nitrogen and oxygen atoms in total. The number of β-amino-alcohol motifs (C(OH)–C–C–N with tert-alkyl or cyclic N) is 1. The number of rotatable bonds is 3. The Balaban J connectivity index is 1.85. The van der Waals surface area contributed by atoms with Crippen LogP contribution in [0.4, 0.5) is 10.2 Å². The van der Waals surface area contributed by atoms with E-state index in [-0.39, 0.29) is 11.5 Å². The Bertz CT molecular complexity index is 763. The van der Waals surface area contributed by atoms with Crippen molar-refractivity contribution in [3.05, 3.63) is 59.0 Å². The number of methoxy groups -OCH3 is 1. The Labute approximate surface area is 139 Å². The number of carbonyl (C=O) groups excluding carboxylic acids is 1. The molecule has 1 aromatic carbocycles. The van der Waals surface area contributed by atoms with E-state index in [0.717, 1.165) is 5.56 Å². The molecule has 1 fully saturated rings. The molecule has 0 aliphatic carbocycles. The van der Waals surface area contributed by atoms with Crippen molar-refractivity contribution in [2.75, 3.05) is 25.1 Å². The van der Waals surface area contributed by atoms with Crippen molar-refractivity contribution < 1.29 is 19.0 Å². The van der Waals surface area contributed by atoms with Gasteiger partial charge in [0.1, 0.15) is 17.2 Å². The fraction of sp³-hybridized carbons (Fsp3) is 0.333. The maximum atomic E-state index is 13.1. The third-order valence-corrected chi connectivity index (χ3v) is 4.41. The van der Waals surface area contributed by atoms with Gasteiger partial charge in [-0.05, 0) is 42.7 Å². The lowest BCUT2D eigenvalue weighted by atomic mass is 9.93. The van der Waals surface area contributed by atoms with Gasteiger partial charge in [0.25, 0.3) is 0 Å². The van der Waals surface area contributed by atoms with Crippen LogP contribution in [0.1, 0.15) is 28.0 Å². The van der Waals surface area contributed by atoms with Crippen LogP contribution in [-0.2, 0) is 10.3 Å². The van der Waals surface area contributed by atoms with Crippen LogP contribution in [0.25, 0.3) is 0 Å². The lowest BCUT2D eigenvalue weighted by Gasteiger charge is -2.24. The van der Waals surface area contributed by atoms with E-state index in [1.807, 2.05) is 17.0 Å². The molecule has 1 aliphatic rings. The van der Waals surface area contributed by atoms with Gasteiger partial charge in [-0.1, -0.05) is 18.2 Å². The average Bonchev–Trinajstić information content (AvgIpc) is 2.98. The predicted octanol–water partition coefficient (Wildman–Crippen LogP) is 2.41. The first-order chi connectivity index (χ1) is 11.4. The molecule has 0 radical (unpaired) electrons. The van der Waals surface area contributed by atoms with Gasteiger partial charge in [0, 0.05) is 6.54 Å². The summed E-state index contributed by atoms with van der Waals surface area (Å²) >= 11 is 0. The number of pyridine rings is 1. The zero-order valence-corrected chi connectivity index (χ0v) is 13.6. The zero-order valence-electron chi connectivity index (χ0n) is 13.6. The van der Waals surface area contributed by atoms with Crippen LogP contribution in [0, 0.1) is 12.7 Å². The van der Waals surface area contributed by atoms with Crippen molar-refractivity contribution in [1.29, 1.82) is 0 Å². The van der Waals surface area contributed by atoms with E-state index in [4.69, 9.17) is 4.74 Å². The minimum absolute atomic E-state index is 0.271. The minimum Gasteiger partial charge on any atom is -0.464 e. The molecule has 2 heterocycles. The summed E-state index contributed by atoms with van der Waals surface area (Å²) in [6, 6.07) is 9.51. The molecule has 3 rings (SSSR count). The van der Waals surface area contributed by atoms with Gasteiger partial charge in [0.05, 0.1) is 13.7 Å². The van der Waals surface area contributed by atoms with Crippen molar-refractivity contribution in [1.82, 2.24) is 4.98 Å². The number of esters is 1. The second-order valence-corrected chi connectivity index (χ2v) is 6.04.